The first-order chi connectivity index (χ1) is 18.8. The molecule has 0 unspecified atom stereocenters. The Morgan fingerprint density at radius 3 is 2.17 bits per heavy atom. The number of carbonyl (C=O) groups is 1. The van der Waals surface area contributed by atoms with Crippen molar-refractivity contribution in [2.75, 3.05) is 32.8 Å². The molecule has 2 aliphatic heterocycles. The Balaban J connectivity index is 1.47. The number of carboxylic acids is 1. The number of benzene rings is 2. The number of alkyl halides is 6. The number of carboxylic acid groups (broad SMARTS) is 1. The number of hydrogen-bond acceptors (Lipinski definition) is 4. The van der Waals surface area contributed by atoms with Gasteiger partial charge in [-0.3, -0.25) is 4.79 Å². The van der Waals surface area contributed by atoms with Crippen LogP contribution in [-0.2, 0) is 33.0 Å². The molecule has 2 heterocycles. The Morgan fingerprint density at radius 1 is 1.02 bits per heavy atom. The van der Waals surface area contributed by atoms with E-state index in [0.29, 0.717) is 39.1 Å². The van der Waals surface area contributed by atoms with Crippen molar-refractivity contribution >= 4 is 5.97 Å². The molecule has 2 aromatic carbocycles. The predicted molar refractivity (Wildman–Crippen MR) is 135 cm³/mol. The van der Waals surface area contributed by atoms with E-state index in [1.54, 1.807) is 6.92 Å². The first-order valence-corrected chi connectivity index (χ1v) is 13.3. The number of nitrogens with zero attached hydrogens (tertiary/aromatic N) is 1. The lowest BCUT2D eigenvalue weighted by Gasteiger charge is -2.43. The lowest BCUT2D eigenvalue weighted by molar-refractivity contribution is -0.189. The molecular weight excluding hydrogens is 540 g/mol. The van der Waals surface area contributed by atoms with E-state index >= 15 is 0 Å². The normalized spacial score (nSPS) is 24.1. The van der Waals surface area contributed by atoms with Crippen LogP contribution >= 0.6 is 0 Å². The molecule has 3 atom stereocenters. The van der Waals surface area contributed by atoms with Crippen LogP contribution in [-0.4, -0.2) is 55.1 Å². The van der Waals surface area contributed by atoms with Gasteiger partial charge >= 0.3 is 18.3 Å². The standard InChI is InChI=1S/C29H33F6NO4/c1-27(26(37)38)9-11-36(12-10-27)18-21-8-14-40-25(24(21)20-5-3-2-4-6-20)39-13-7-19-15-22(28(30,31)32)17-23(16-19)29(33,34)35/h2-6,15-17,21,24-25H,7-14,18H2,1H3,(H,37,38)/t21-,24-,25-/m0/s1. The number of halogens is 6. The van der Waals surface area contributed by atoms with E-state index in [0.717, 1.165) is 24.1 Å². The van der Waals surface area contributed by atoms with Gasteiger partial charge in [0.25, 0.3) is 0 Å². The highest BCUT2D eigenvalue weighted by Gasteiger charge is 2.41. The summed E-state index contributed by atoms with van der Waals surface area (Å²) in [6, 6.07) is 11.1. The molecule has 0 aromatic heterocycles. The van der Waals surface area contributed by atoms with Gasteiger partial charge in [-0.15, -0.1) is 0 Å². The summed E-state index contributed by atoms with van der Waals surface area (Å²) < 4.78 is 91.5. The van der Waals surface area contributed by atoms with E-state index in [2.05, 4.69) is 4.90 Å². The van der Waals surface area contributed by atoms with Crippen LogP contribution in [0.25, 0.3) is 0 Å². The number of likely N-dealkylation sites (tertiary alicyclic amines) is 1. The summed E-state index contributed by atoms with van der Waals surface area (Å²) in [5, 5.41) is 9.54. The van der Waals surface area contributed by atoms with Crippen molar-refractivity contribution in [1.29, 1.82) is 0 Å². The van der Waals surface area contributed by atoms with E-state index in [-0.39, 0.29) is 36.5 Å². The minimum Gasteiger partial charge on any atom is -0.481 e. The van der Waals surface area contributed by atoms with E-state index in [1.165, 1.54) is 0 Å². The zero-order valence-corrected chi connectivity index (χ0v) is 22.1. The highest BCUT2D eigenvalue weighted by molar-refractivity contribution is 5.74. The van der Waals surface area contributed by atoms with Crippen LogP contribution in [0, 0.1) is 11.3 Å². The third kappa shape index (κ3) is 7.36. The highest BCUT2D eigenvalue weighted by atomic mass is 19.4. The summed E-state index contributed by atoms with van der Waals surface area (Å²) in [7, 11) is 0. The summed E-state index contributed by atoms with van der Waals surface area (Å²) in [6.07, 6.45) is -8.90. The van der Waals surface area contributed by atoms with Gasteiger partial charge < -0.3 is 19.5 Å². The van der Waals surface area contributed by atoms with Crippen molar-refractivity contribution in [1.82, 2.24) is 4.90 Å². The SMILES string of the molecule is CC1(C(=O)O)CCN(C[C@@H]2CCO[C@H](OCCc3cc(C(F)(F)F)cc(C(F)(F)F)c3)[C@H]2c2ccccc2)CC1. The molecule has 0 bridgehead atoms. The molecule has 2 fully saturated rings. The molecule has 40 heavy (non-hydrogen) atoms. The molecule has 5 nitrogen and oxygen atoms in total. The molecule has 0 aliphatic carbocycles. The zero-order chi connectivity index (χ0) is 29.1. The lowest BCUT2D eigenvalue weighted by atomic mass is 9.78. The topological polar surface area (TPSA) is 59.0 Å². The zero-order valence-electron chi connectivity index (χ0n) is 22.1. The Morgan fingerprint density at radius 2 is 1.62 bits per heavy atom. The number of rotatable bonds is 8. The van der Waals surface area contributed by atoms with Gasteiger partial charge in [-0.2, -0.15) is 26.3 Å². The monoisotopic (exact) mass is 573 g/mol. The van der Waals surface area contributed by atoms with Crippen LogP contribution in [0.3, 0.4) is 0 Å². The smallest absolute Gasteiger partial charge is 0.416 e. The summed E-state index contributed by atoms with van der Waals surface area (Å²) in [4.78, 5) is 13.9. The quantitative estimate of drug-likeness (QED) is 0.360. The van der Waals surface area contributed by atoms with Crippen molar-refractivity contribution < 1.29 is 45.7 Å². The fourth-order valence-corrected chi connectivity index (χ4v) is 5.53. The molecule has 220 valence electrons. The van der Waals surface area contributed by atoms with Crippen molar-refractivity contribution in [2.45, 2.75) is 57.2 Å². The number of aliphatic carboxylic acids is 1. The Labute approximate surface area is 229 Å². The highest BCUT2D eigenvalue weighted by Crippen LogP contribution is 2.40. The van der Waals surface area contributed by atoms with Crippen LogP contribution < -0.4 is 0 Å². The Kier molecular flexibility index (Phi) is 9.16. The van der Waals surface area contributed by atoms with Crippen LogP contribution in [0.5, 0.6) is 0 Å². The van der Waals surface area contributed by atoms with Crippen molar-refractivity contribution in [3.63, 3.8) is 0 Å². The first kappa shape index (κ1) is 30.3. The molecule has 4 rings (SSSR count). The van der Waals surface area contributed by atoms with Crippen LogP contribution in [0.1, 0.15) is 54.4 Å². The van der Waals surface area contributed by atoms with Crippen molar-refractivity contribution in [2.24, 2.45) is 11.3 Å². The van der Waals surface area contributed by atoms with Gasteiger partial charge in [0.2, 0.25) is 0 Å². The maximum atomic E-state index is 13.3. The lowest BCUT2D eigenvalue weighted by Crippen LogP contribution is -2.47. The largest absolute Gasteiger partial charge is 0.481 e. The molecule has 11 heteroatoms. The van der Waals surface area contributed by atoms with E-state index in [9.17, 15) is 36.2 Å². The van der Waals surface area contributed by atoms with Gasteiger partial charge in [0, 0.05) is 12.5 Å². The maximum absolute atomic E-state index is 13.3. The first-order valence-electron chi connectivity index (χ1n) is 13.3. The predicted octanol–water partition coefficient (Wildman–Crippen LogP) is 6.62. The Hall–Kier alpha value is -2.63. The van der Waals surface area contributed by atoms with Crippen molar-refractivity contribution in [3.8, 4) is 0 Å². The number of piperidine rings is 1. The van der Waals surface area contributed by atoms with E-state index in [1.807, 2.05) is 30.3 Å². The fraction of sp³-hybridized carbons (Fsp3) is 0.552. The average Bonchev–Trinajstić information content (AvgIpc) is 2.89. The van der Waals surface area contributed by atoms with E-state index < -0.39 is 41.2 Å². The summed E-state index contributed by atoms with van der Waals surface area (Å²) in [5.41, 5.74) is -2.61. The van der Waals surface area contributed by atoms with Gasteiger partial charge in [-0.25, -0.2) is 0 Å². The fourth-order valence-electron chi connectivity index (χ4n) is 5.53. The molecule has 0 amide bonds. The summed E-state index contributed by atoms with van der Waals surface area (Å²) >= 11 is 0. The van der Waals surface area contributed by atoms with Gasteiger partial charge in [-0.1, -0.05) is 30.3 Å². The number of hydrogen-bond donors (Lipinski definition) is 1. The molecule has 1 N–H and O–H groups in total. The third-order valence-corrected chi connectivity index (χ3v) is 8.05. The molecule has 0 saturated carbocycles. The average molecular weight is 574 g/mol. The van der Waals surface area contributed by atoms with Gasteiger partial charge in [0.1, 0.15) is 0 Å². The van der Waals surface area contributed by atoms with Crippen LogP contribution in [0.15, 0.2) is 48.5 Å². The number of ether oxygens (including phenoxy) is 2. The molecule has 2 aliphatic rings. The van der Waals surface area contributed by atoms with Crippen LogP contribution in [0.4, 0.5) is 26.3 Å². The Bertz CT molecular complexity index is 1110. The minimum absolute atomic E-state index is 0.0979. The molecule has 2 aromatic rings. The third-order valence-electron chi connectivity index (χ3n) is 8.05. The van der Waals surface area contributed by atoms with Gasteiger partial charge in [0.05, 0.1) is 29.8 Å². The van der Waals surface area contributed by atoms with Gasteiger partial charge in [-0.05, 0) is 80.9 Å². The molecular formula is C29H33F6NO4. The molecule has 2 saturated heterocycles. The summed E-state index contributed by atoms with van der Waals surface area (Å²) in [6.45, 7) is 4.01. The second-order valence-electron chi connectivity index (χ2n) is 10.9. The minimum atomic E-state index is -4.91. The van der Waals surface area contributed by atoms with Gasteiger partial charge in [0.15, 0.2) is 6.29 Å². The molecule has 0 radical (unpaired) electrons. The maximum Gasteiger partial charge on any atom is 0.416 e. The van der Waals surface area contributed by atoms with Crippen molar-refractivity contribution in [3.05, 3.63) is 70.8 Å². The summed E-state index contributed by atoms with van der Waals surface area (Å²) in [5.74, 6) is -0.910. The second-order valence-corrected chi connectivity index (χ2v) is 10.9. The molecule has 0 spiro atoms. The van der Waals surface area contributed by atoms with E-state index in [4.69, 9.17) is 9.47 Å². The van der Waals surface area contributed by atoms with Crippen LogP contribution in [0.2, 0.25) is 0 Å². The second kappa shape index (κ2) is 12.1.